The normalized spacial score (nSPS) is 13.1. The zero-order valence-electron chi connectivity index (χ0n) is 44.3. The molecule has 0 N–H and O–H groups in total. The first-order valence-corrected chi connectivity index (χ1v) is 27.7. The van der Waals surface area contributed by atoms with E-state index in [1.165, 1.54) is 32.1 Å². The summed E-state index contributed by atoms with van der Waals surface area (Å²) < 4.78 is 16.8. The molecule has 0 aromatic heterocycles. The third-order valence-electron chi connectivity index (χ3n) is 11.2. The molecule has 0 aliphatic rings. The fourth-order valence-electron chi connectivity index (χ4n) is 7.07. The van der Waals surface area contributed by atoms with E-state index in [1.807, 2.05) is 0 Å². The van der Waals surface area contributed by atoms with Gasteiger partial charge in [-0.25, -0.2) is 0 Å². The van der Waals surface area contributed by atoms with Gasteiger partial charge in [0.05, 0.1) is 0 Å². The molecular weight excluding hydrogens is 853 g/mol. The average Bonchev–Trinajstić information content (AvgIpc) is 3.35. The zero-order chi connectivity index (χ0) is 50.0. The number of esters is 3. The summed E-state index contributed by atoms with van der Waals surface area (Å²) in [6.45, 7) is 6.32. The minimum atomic E-state index is -0.818. The molecule has 0 amide bonds. The number of allylic oxidation sites excluding steroid dienone is 22. The van der Waals surface area contributed by atoms with Crippen LogP contribution in [0.3, 0.4) is 0 Å². The third kappa shape index (κ3) is 54.4. The van der Waals surface area contributed by atoms with Gasteiger partial charge in [-0.15, -0.1) is 0 Å². The van der Waals surface area contributed by atoms with Crippen molar-refractivity contribution in [3.8, 4) is 0 Å². The van der Waals surface area contributed by atoms with E-state index < -0.39 is 6.10 Å². The molecule has 0 bridgehead atoms. The molecule has 0 aliphatic carbocycles. The van der Waals surface area contributed by atoms with Crippen molar-refractivity contribution in [1.29, 1.82) is 0 Å². The molecule has 6 heteroatoms. The summed E-state index contributed by atoms with van der Waals surface area (Å²) in [5, 5.41) is 0. The molecule has 388 valence electrons. The van der Waals surface area contributed by atoms with Crippen molar-refractivity contribution in [3.05, 3.63) is 134 Å². The van der Waals surface area contributed by atoms with E-state index in [0.29, 0.717) is 12.8 Å². The summed E-state index contributed by atoms with van der Waals surface area (Å²) in [6.07, 6.45) is 78.6. The molecule has 0 heterocycles. The molecule has 0 radical (unpaired) electrons. The maximum absolute atomic E-state index is 12.8. The van der Waals surface area contributed by atoms with Crippen LogP contribution < -0.4 is 0 Å². The van der Waals surface area contributed by atoms with Crippen LogP contribution in [-0.2, 0) is 28.6 Å². The lowest BCUT2D eigenvalue weighted by Gasteiger charge is -2.18. The van der Waals surface area contributed by atoms with Crippen LogP contribution in [0.4, 0.5) is 0 Å². The van der Waals surface area contributed by atoms with Crippen molar-refractivity contribution >= 4 is 17.9 Å². The molecular formula is C63H100O6. The SMILES string of the molecule is CC/C=C\C/C=C\C/C=C\C/C=C\C/C=C\CCCCCC(=O)OCC(COC(=O)CCCCCC/C=C\C/C=C\C/C=C\CC)OC(=O)CCCCCCC\C=C/C=C\C=C/CCCCCCC. The van der Waals surface area contributed by atoms with Gasteiger partial charge in [-0.05, 0) is 122 Å². The van der Waals surface area contributed by atoms with Gasteiger partial charge in [-0.1, -0.05) is 219 Å². The maximum Gasteiger partial charge on any atom is 0.306 e. The zero-order valence-corrected chi connectivity index (χ0v) is 44.3. The first-order chi connectivity index (χ1) is 34.0. The topological polar surface area (TPSA) is 78.9 Å². The Hall–Kier alpha value is -4.45. The Labute approximate surface area is 424 Å². The van der Waals surface area contributed by atoms with Crippen LogP contribution in [-0.4, -0.2) is 37.2 Å². The highest BCUT2D eigenvalue weighted by molar-refractivity contribution is 5.71. The number of rotatable bonds is 48. The molecule has 0 saturated carbocycles. The number of ether oxygens (including phenoxy) is 3. The largest absolute Gasteiger partial charge is 0.462 e. The van der Waals surface area contributed by atoms with Gasteiger partial charge in [-0.3, -0.25) is 14.4 Å². The van der Waals surface area contributed by atoms with E-state index >= 15 is 0 Å². The molecule has 0 saturated heterocycles. The number of hydrogen-bond donors (Lipinski definition) is 0. The highest BCUT2D eigenvalue weighted by Crippen LogP contribution is 2.12. The molecule has 0 aromatic rings. The summed E-state index contributed by atoms with van der Waals surface area (Å²) in [7, 11) is 0. The van der Waals surface area contributed by atoms with Gasteiger partial charge in [0.15, 0.2) is 6.10 Å². The molecule has 0 fully saturated rings. The second kappa shape index (κ2) is 56.1. The number of unbranched alkanes of at least 4 members (excludes halogenated alkanes) is 17. The van der Waals surface area contributed by atoms with Gasteiger partial charge in [0.2, 0.25) is 0 Å². The Morgan fingerprint density at radius 1 is 0.319 bits per heavy atom. The lowest BCUT2D eigenvalue weighted by Crippen LogP contribution is -2.30. The number of hydrogen-bond acceptors (Lipinski definition) is 6. The van der Waals surface area contributed by atoms with E-state index in [1.54, 1.807) is 0 Å². The Bertz CT molecular complexity index is 1510. The standard InChI is InChI=1S/C63H100O6/c1-4-7-10-13-16-19-22-25-28-30-32-34-35-38-41-44-47-50-53-56-62(65)68-59-60(58-67-61(64)55-52-49-46-43-40-37-27-24-21-18-15-12-9-6-3)69-63(66)57-54-51-48-45-42-39-36-33-31-29-26-23-20-17-14-11-8-5-2/h7,9-10,12,16,18-19,21,23,25-29,31-34,36-38,41,60H,4-6,8,11,13-15,17,20,22,24,30,35,39-40,42-59H2,1-3H3/b10-7-,12-9-,19-16-,21-18-,26-23-,28-25-,31-29-,34-32-,36-33-,37-27-,41-38-. The molecule has 0 rings (SSSR count). The second-order valence-corrected chi connectivity index (χ2v) is 17.8. The van der Waals surface area contributed by atoms with Gasteiger partial charge >= 0.3 is 17.9 Å². The van der Waals surface area contributed by atoms with E-state index in [4.69, 9.17) is 14.2 Å². The highest BCUT2D eigenvalue weighted by Gasteiger charge is 2.19. The summed E-state index contributed by atoms with van der Waals surface area (Å²) in [5.74, 6) is -0.993. The fourth-order valence-corrected chi connectivity index (χ4v) is 7.07. The average molecular weight is 953 g/mol. The van der Waals surface area contributed by atoms with E-state index in [0.717, 1.165) is 154 Å². The van der Waals surface area contributed by atoms with Crippen molar-refractivity contribution < 1.29 is 28.6 Å². The Morgan fingerprint density at radius 3 is 1.01 bits per heavy atom. The first kappa shape index (κ1) is 64.5. The molecule has 6 nitrogen and oxygen atoms in total. The fraction of sp³-hybridized carbons (Fsp3) is 0.603. The van der Waals surface area contributed by atoms with Crippen molar-refractivity contribution in [2.24, 2.45) is 0 Å². The maximum atomic E-state index is 12.8. The van der Waals surface area contributed by atoms with Crippen LogP contribution in [0.25, 0.3) is 0 Å². The molecule has 69 heavy (non-hydrogen) atoms. The Balaban J connectivity index is 4.55. The lowest BCUT2D eigenvalue weighted by molar-refractivity contribution is -0.167. The predicted octanol–water partition coefficient (Wildman–Crippen LogP) is 18.6. The first-order valence-electron chi connectivity index (χ1n) is 27.7. The summed E-state index contributed by atoms with van der Waals surface area (Å²) in [6, 6.07) is 0. The quantitative estimate of drug-likeness (QED) is 0.0199. The predicted molar refractivity (Wildman–Crippen MR) is 297 cm³/mol. The second-order valence-electron chi connectivity index (χ2n) is 17.8. The molecule has 0 spiro atoms. The molecule has 0 aliphatic heterocycles. The minimum Gasteiger partial charge on any atom is -0.462 e. The molecule has 1 atom stereocenters. The van der Waals surface area contributed by atoms with Gasteiger partial charge in [0.1, 0.15) is 13.2 Å². The van der Waals surface area contributed by atoms with Gasteiger partial charge in [0.25, 0.3) is 0 Å². The van der Waals surface area contributed by atoms with Gasteiger partial charge in [-0.2, -0.15) is 0 Å². The third-order valence-corrected chi connectivity index (χ3v) is 11.2. The van der Waals surface area contributed by atoms with E-state index in [-0.39, 0.29) is 37.5 Å². The van der Waals surface area contributed by atoms with Crippen LogP contribution in [0, 0.1) is 0 Å². The van der Waals surface area contributed by atoms with Crippen LogP contribution in [0.1, 0.15) is 226 Å². The summed E-state index contributed by atoms with van der Waals surface area (Å²) in [5.41, 5.74) is 0. The van der Waals surface area contributed by atoms with Crippen LogP contribution in [0.5, 0.6) is 0 Å². The number of carbonyl (C=O) groups excluding carboxylic acids is 3. The number of carbonyl (C=O) groups is 3. The van der Waals surface area contributed by atoms with Crippen LogP contribution >= 0.6 is 0 Å². The lowest BCUT2D eigenvalue weighted by atomic mass is 10.1. The van der Waals surface area contributed by atoms with E-state index in [9.17, 15) is 14.4 Å². The van der Waals surface area contributed by atoms with Crippen molar-refractivity contribution in [2.75, 3.05) is 13.2 Å². The monoisotopic (exact) mass is 953 g/mol. The smallest absolute Gasteiger partial charge is 0.306 e. The minimum absolute atomic E-state index is 0.114. The molecule has 0 aromatic carbocycles. The summed E-state index contributed by atoms with van der Waals surface area (Å²) in [4.78, 5) is 38.1. The van der Waals surface area contributed by atoms with Gasteiger partial charge < -0.3 is 14.2 Å². The van der Waals surface area contributed by atoms with Crippen LogP contribution in [0.2, 0.25) is 0 Å². The van der Waals surface area contributed by atoms with Crippen LogP contribution in [0.15, 0.2) is 134 Å². The highest BCUT2D eigenvalue weighted by atomic mass is 16.6. The Morgan fingerprint density at radius 2 is 0.623 bits per heavy atom. The Kier molecular flexibility index (Phi) is 52.5. The summed E-state index contributed by atoms with van der Waals surface area (Å²) >= 11 is 0. The van der Waals surface area contributed by atoms with Crippen molar-refractivity contribution in [2.45, 2.75) is 232 Å². The van der Waals surface area contributed by atoms with Crippen molar-refractivity contribution in [1.82, 2.24) is 0 Å². The van der Waals surface area contributed by atoms with Gasteiger partial charge in [0, 0.05) is 19.3 Å². The van der Waals surface area contributed by atoms with Crippen molar-refractivity contribution in [3.63, 3.8) is 0 Å². The molecule has 1 unspecified atom stereocenters. The van der Waals surface area contributed by atoms with E-state index in [2.05, 4.69) is 154 Å².